The standard InChI is InChI=1S/C10H22N2O2/c1-8(2)12(6-7-13)9(14)11-10(3,4)5/h8,13H,6-7H2,1-5H3,(H,11,14). The Morgan fingerprint density at radius 1 is 1.43 bits per heavy atom. The summed E-state index contributed by atoms with van der Waals surface area (Å²) in [6.07, 6.45) is 0. The molecule has 0 aromatic carbocycles. The number of urea groups is 1. The molecule has 0 unspecified atom stereocenters. The van der Waals surface area contributed by atoms with Crippen LogP contribution in [0.1, 0.15) is 34.6 Å². The molecule has 0 aromatic rings. The van der Waals surface area contributed by atoms with Crippen molar-refractivity contribution in [1.29, 1.82) is 0 Å². The summed E-state index contributed by atoms with van der Waals surface area (Å²) in [5.41, 5.74) is -0.236. The average Bonchev–Trinajstić information content (AvgIpc) is 1.95. The summed E-state index contributed by atoms with van der Waals surface area (Å²) in [7, 11) is 0. The number of aliphatic hydroxyl groups is 1. The van der Waals surface area contributed by atoms with Crippen molar-refractivity contribution in [3.05, 3.63) is 0 Å². The molecule has 0 radical (unpaired) electrons. The van der Waals surface area contributed by atoms with Crippen molar-refractivity contribution in [3.8, 4) is 0 Å². The Morgan fingerprint density at radius 2 is 1.93 bits per heavy atom. The summed E-state index contributed by atoms with van der Waals surface area (Å²) in [4.78, 5) is 13.3. The second-order valence-corrected chi connectivity index (χ2v) is 4.69. The highest BCUT2D eigenvalue weighted by Gasteiger charge is 2.20. The lowest BCUT2D eigenvalue weighted by Crippen LogP contribution is -2.51. The Labute approximate surface area is 86.3 Å². The molecule has 0 bridgehead atoms. The minimum Gasteiger partial charge on any atom is -0.395 e. The number of aliphatic hydroxyl groups excluding tert-OH is 1. The third-order valence-electron chi connectivity index (χ3n) is 1.71. The molecule has 2 amide bonds. The van der Waals surface area contributed by atoms with Gasteiger partial charge in [-0.2, -0.15) is 0 Å². The summed E-state index contributed by atoms with van der Waals surface area (Å²) < 4.78 is 0. The Kier molecular flexibility index (Phi) is 4.91. The van der Waals surface area contributed by atoms with Gasteiger partial charge in [0, 0.05) is 18.1 Å². The summed E-state index contributed by atoms with van der Waals surface area (Å²) in [6.45, 7) is 10.0. The molecule has 0 rings (SSSR count). The molecule has 0 saturated carbocycles. The fourth-order valence-electron chi connectivity index (χ4n) is 1.09. The van der Waals surface area contributed by atoms with Crippen LogP contribution in [-0.4, -0.2) is 40.8 Å². The first-order chi connectivity index (χ1) is 6.28. The highest BCUT2D eigenvalue weighted by molar-refractivity contribution is 5.75. The SMILES string of the molecule is CC(C)N(CCO)C(=O)NC(C)(C)C. The van der Waals surface area contributed by atoms with Gasteiger partial charge in [0.2, 0.25) is 0 Å². The number of carbonyl (C=O) groups excluding carboxylic acids is 1. The fourth-order valence-corrected chi connectivity index (χ4v) is 1.09. The fraction of sp³-hybridized carbons (Fsp3) is 0.900. The van der Waals surface area contributed by atoms with Crippen molar-refractivity contribution in [2.45, 2.75) is 46.2 Å². The molecule has 84 valence electrons. The quantitative estimate of drug-likeness (QED) is 0.722. The number of rotatable bonds is 3. The number of amides is 2. The van der Waals surface area contributed by atoms with Crippen molar-refractivity contribution >= 4 is 6.03 Å². The van der Waals surface area contributed by atoms with Gasteiger partial charge in [-0.15, -0.1) is 0 Å². The van der Waals surface area contributed by atoms with Gasteiger partial charge in [-0.05, 0) is 34.6 Å². The van der Waals surface area contributed by atoms with E-state index >= 15 is 0 Å². The molecule has 0 heterocycles. The molecule has 0 spiro atoms. The molecule has 0 aliphatic heterocycles. The molecule has 0 fully saturated rings. The van der Waals surface area contributed by atoms with Crippen LogP contribution in [0, 0.1) is 0 Å². The topological polar surface area (TPSA) is 52.6 Å². The minimum atomic E-state index is -0.236. The van der Waals surface area contributed by atoms with Crippen LogP contribution in [0.3, 0.4) is 0 Å². The van der Waals surface area contributed by atoms with E-state index < -0.39 is 0 Å². The van der Waals surface area contributed by atoms with Gasteiger partial charge in [-0.3, -0.25) is 0 Å². The maximum absolute atomic E-state index is 11.7. The second-order valence-electron chi connectivity index (χ2n) is 4.69. The van der Waals surface area contributed by atoms with Gasteiger partial charge in [0.15, 0.2) is 0 Å². The van der Waals surface area contributed by atoms with Crippen LogP contribution in [0.2, 0.25) is 0 Å². The van der Waals surface area contributed by atoms with Crippen LogP contribution in [-0.2, 0) is 0 Å². The number of hydrogen-bond donors (Lipinski definition) is 2. The van der Waals surface area contributed by atoms with Crippen LogP contribution in [0.25, 0.3) is 0 Å². The monoisotopic (exact) mass is 202 g/mol. The average molecular weight is 202 g/mol. The molecule has 0 saturated heterocycles. The van der Waals surface area contributed by atoms with E-state index in [1.807, 2.05) is 34.6 Å². The second kappa shape index (κ2) is 5.20. The number of nitrogens with one attached hydrogen (secondary N) is 1. The largest absolute Gasteiger partial charge is 0.395 e. The zero-order chi connectivity index (χ0) is 11.4. The molecule has 14 heavy (non-hydrogen) atoms. The van der Waals surface area contributed by atoms with Crippen molar-refractivity contribution in [1.82, 2.24) is 10.2 Å². The Bertz CT molecular complexity index is 185. The number of nitrogens with zero attached hydrogens (tertiary/aromatic N) is 1. The molecule has 2 N–H and O–H groups in total. The zero-order valence-corrected chi connectivity index (χ0v) is 9.79. The highest BCUT2D eigenvalue weighted by Crippen LogP contribution is 2.03. The molecule has 0 atom stereocenters. The summed E-state index contributed by atoms with van der Waals surface area (Å²) in [6, 6.07) is -0.0222. The normalized spacial score (nSPS) is 11.6. The van der Waals surface area contributed by atoms with E-state index in [1.165, 1.54) is 0 Å². The van der Waals surface area contributed by atoms with Gasteiger partial charge in [0.05, 0.1) is 6.61 Å². The predicted octanol–water partition coefficient (Wildman–Crippen LogP) is 1.20. The van der Waals surface area contributed by atoms with E-state index in [0.29, 0.717) is 6.54 Å². The molecule has 4 heteroatoms. The van der Waals surface area contributed by atoms with E-state index in [-0.39, 0.29) is 24.2 Å². The van der Waals surface area contributed by atoms with Gasteiger partial charge < -0.3 is 15.3 Å². The molecule has 0 aromatic heterocycles. The first-order valence-electron chi connectivity index (χ1n) is 4.97. The van der Waals surface area contributed by atoms with Gasteiger partial charge in [-0.25, -0.2) is 4.79 Å². The van der Waals surface area contributed by atoms with Crippen molar-refractivity contribution in [2.75, 3.05) is 13.2 Å². The highest BCUT2D eigenvalue weighted by atomic mass is 16.3. The smallest absolute Gasteiger partial charge is 0.318 e. The lowest BCUT2D eigenvalue weighted by molar-refractivity contribution is 0.154. The van der Waals surface area contributed by atoms with Gasteiger partial charge in [0.25, 0.3) is 0 Å². The predicted molar refractivity (Wildman–Crippen MR) is 57.2 cm³/mol. The van der Waals surface area contributed by atoms with Crippen molar-refractivity contribution < 1.29 is 9.90 Å². The Hall–Kier alpha value is -0.770. The maximum Gasteiger partial charge on any atom is 0.318 e. The lowest BCUT2D eigenvalue weighted by Gasteiger charge is -2.30. The number of carbonyl (C=O) groups is 1. The molecule has 0 aliphatic rings. The first-order valence-corrected chi connectivity index (χ1v) is 4.97. The Morgan fingerprint density at radius 3 is 2.21 bits per heavy atom. The van der Waals surface area contributed by atoms with Crippen LogP contribution in [0.4, 0.5) is 4.79 Å². The van der Waals surface area contributed by atoms with Crippen molar-refractivity contribution in [2.24, 2.45) is 0 Å². The number of hydrogen-bond acceptors (Lipinski definition) is 2. The van der Waals surface area contributed by atoms with Crippen LogP contribution < -0.4 is 5.32 Å². The van der Waals surface area contributed by atoms with Gasteiger partial charge in [0.1, 0.15) is 0 Å². The van der Waals surface area contributed by atoms with E-state index in [0.717, 1.165) is 0 Å². The summed E-state index contributed by atoms with van der Waals surface area (Å²) >= 11 is 0. The van der Waals surface area contributed by atoms with E-state index in [2.05, 4.69) is 5.32 Å². The molecule has 0 aliphatic carbocycles. The van der Waals surface area contributed by atoms with Gasteiger partial charge in [-0.1, -0.05) is 0 Å². The lowest BCUT2D eigenvalue weighted by atomic mass is 10.1. The van der Waals surface area contributed by atoms with E-state index in [4.69, 9.17) is 5.11 Å². The molecule has 4 nitrogen and oxygen atoms in total. The third-order valence-corrected chi connectivity index (χ3v) is 1.71. The Balaban J connectivity index is 4.30. The first kappa shape index (κ1) is 13.2. The van der Waals surface area contributed by atoms with Crippen LogP contribution >= 0.6 is 0 Å². The summed E-state index contributed by atoms with van der Waals surface area (Å²) in [5, 5.41) is 11.7. The summed E-state index contributed by atoms with van der Waals surface area (Å²) in [5.74, 6) is 0. The van der Waals surface area contributed by atoms with E-state index in [9.17, 15) is 4.79 Å². The van der Waals surface area contributed by atoms with Gasteiger partial charge >= 0.3 is 6.03 Å². The van der Waals surface area contributed by atoms with Crippen LogP contribution in [0.5, 0.6) is 0 Å². The van der Waals surface area contributed by atoms with E-state index in [1.54, 1.807) is 4.90 Å². The third kappa shape index (κ3) is 5.07. The molecular weight excluding hydrogens is 180 g/mol. The van der Waals surface area contributed by atoms with Crippen molar-refractivity contribution in [3.63, 3.8) is 0 Å². The minimum absolute atomic E-state index is 0.00422. The maximum atomic E-state index is 11.7. The zero-order valence-electron chi connectivity index (χ0n) is 9.79. The van der Waals surface area contributed by atoms with Crippen LogP contribution in [0.15, 0.2) is 0 Å². The molecular formula is C10H22N2O2.